The summed E-state index contributed by atoms with van der Waals surface area (Å²) in [6.45, 7) is 5.86. The molecule has 6 nitrogen and oxygen atoms in total. The van der Waals surface area contributed by atoms with E-state index in [1.807, 2.05) is 24.3 Å². The van der Waals surface area contributed by atoms with Crippen LogP contribution in [-0.4, -0.2) is 51.3 Å². The number of methoxy groups -OCH3 is 1. The molecule has 0 atom stereocenters. The summed E-state index contributed by atoms with van der Waals surface area (Å²) < 4.78 is 16.8. The smallest absolute Gasteiger partial charge is 0.344 e. The first-order valence-corrected chi connectivity index (χ1v) is 11.4. The van der Waals surface area contributed by atoms with Gasteiger partial charge in [0.15, 0.2) is 0 Å². The van der Waals surface area contributed by atoms with Gasteiger partial charge in [-0.25, -0.2) is 4.79 Å². The Morgan fingerprint density at radius 2 is 1.61 bits per heavy atom. The Labute approximate surface area is 192 Å². The van der Waals surface area contributed by atoms with Crippen molar-refractivity contribution in [3.05, 3.63) is 77.2 Å². The van der Waals surface area contributed by atoms with Gasteiger partial charge in [0.1, 0.15) is 17.1 Å². The number of ether oxygens (including phenoxy) is 2. The van der Waals surface area contributed by atoms with Gasteiger partial charge in [0.05, 0.1) is 19.1 Å². The highest BCUT2D eigenvalue weighted by molar-refractivity contribution is 6.04. The molecule has 1 aliphatic heterocycles. The van der Waals surface area contributed by atoms with Crippen molar-refractivity contribution in [1.29, 1.82) is 0 Å². The number of anilines is 1. The van der Waals surface area contributed by atoms with Crippen molar-refractivity contribution in [2.45, 2.75) is 6.42 Å². The van der Waals surface area contributed by atoms with Crippen molar-refractivity contribution in [2.75, 3.05) is 51.3 Å². The number of benzene rings is 3. The van der Waals surface area contributed by atoms with Gasteiger partial charge in [0.2, 0.25) is 0 Å². The first-order valence-electron chi connectivity index (χ1n) is 11.4. The Morgan fingerprint density at radius 3 is 2.39 bits per heavy atom. The number of rotatable bonds is 7. The summed E-state index contributed by atoms with van der Waals surface area (Å²) in [5.74, 6) is 1.35. The SMILES string of the molecule is COc1ccc2c(c1)c(=O)oc1cc(OCCCN3CCN(c4ccccc4)CC3)ccc12. The molecule has 1 aliphatic rings. The fourth-order valence-electron chi connectivity index (χ4n) is 4.45. The maximum atomic E-state index is 12.4. The van der Waals surface area contributed by atoms with Gasteiger partial charge >= 0.3 is 5.63 Å². The first kappa shape index (κ1) is 21.3. The van der Waals surface area contributed by atoms with Crippen LogP contribution in [0.2, 0.25) is 0 Å². The van der Waals surface area contributed by atoms with Gasteiger partial charge in [0.25, 0.3) is 0 Å². The predicted molar refractivity (Wildman–Crippen MR) is 132 cm³/mol. The second-order valence-electron chi connectivity index (χ2n) is 8.33. The van der Waals surface area contributed by atoms with Crippen molar-refractivity contribution < 1.29 is 13.9 Å². The Hall–Kier alpha value is -3.51. The van der Waals surface area contributed by atoms with Crippen LogP contribution < -0.4 is 20.0 Å². The molecule has 1 aromatic heterocycles. The normalized spacial score (nSPS) is 14.6. The van der Waals surface area contributed by atoms with E-state index < -0.39 is 0 Å². The first-order chi connectivity index (χ1) is 16.2. The molecule has 0 spiro atoms. The second-order valence-corrected chi connectivity index (χ2v) is 8.33. The third kappa shape index (κ3) is 4.66. The zero-order valence-corrected chi connectivity index (χ0v) is 18.8. The van der Waals surface area contributed by atoms with Gasteiger partial charge in [-0.1, -0.05) is 18.2 Å². The average molecular weight is 445 g/mol. The minimum Gasteiger partial charge on any atom is -0.497 e. The standard InChI is InChI=1S/C27H28N2O4/c1-31-21-8-10-23-24-11-9-22(19-26(24)33-27(30)25(23)18-21)32-17-5-12-28-13-15-29(16-14-28)20-6-3-2-4-7-20/h2-4,6-11,18-19H,5,12-17H2,1H3. The molecule has 5 rings (SSSR count). The number of fused-ring (bicyclic) bond motifs is 3. The summed E-state index contributed by atoms with van der Waals surface area (Å²) in [6.07, 6.45) is 0.949. The van der Waals surface area contributed by atoms with Gasteiger partial charge in [-0.2, -0.15) is 0 Å². The third-order valence-electron chi connectivity index (χ3n) is 6.27. The summed E-state index contributed by atoms with van der Waals surface area (Å²) in [4.78, 5) is 17.4. The van der Waals surface area contributed by atoms with Crippen molar-refractivity contribution in [3.63, 3.8) is 0 Å². The molecule has 2 heterocycles. The van der Waals surface area contributed by atoms with E-state index >= 15 is 0 Å². The summed E-state index contributed by atoms with van der Waals surface area (Å²) >= 11 is 0. The zero-order valence-electron chi connectivity index (χ0n) is 18.8. The Morgan fingerprint density at radius 1 is 0.848 bits per heavy atom. The molecule has 0 amide bonds. The van der Waals surface area contributed by atoms with E-state index in [9.17, 15) is 4.79 Å². The lowest BCUT2D eigenvalue weighted by atomic mass is 10.1. The molecule has 33 heavy (non-hydrogen) atoms. The molecule has 6 heteroatoms. The fraction of sp³-hybridized carbons (Fsp3) is 0.296. The van der Waals surface area contributed by atoms with E-state index in [1.165, 1.54) is 5.69 Å². The maximum Gasteiger partial charge on any atom is 0.344 e. The van der Waals surface area contributed by atoms with Gasteiger partial charge in [0, 0.05) is 55.2 Å². The van der Waals surface area contributed by atoms with Gasteiger partial charge in [-0.15, -0.1) is 0 Å². The summed E-state index contributed by atoms with van der Waals surface area (Å²) in [5, 5.41) is 2.25. The van der Waals surface area contributed by atoms with Gasteiger partial charge in [-0.05, 0) is 48.9 Å². The van der Waals surface area contributed by atoms with Crippen molar-refractivity contribution >= 4 is 27.4 Å². The molecule has 0 radical (unpaired) electrons. The second kappa shape index (κ2) is 9.55. The lowest BCUT2D eigenvalue weighted by molar-refractivity contribution is 0.225. The van der Waals surface area contributed by atoms with Crippen LogP contribution in [-0.2, 0) is 0 Å². The summed E-state index contributed by atoms with van der Waals surface area (Å²) in [6, 6.07) is 21.7. The molecule has 4 aromatic rings. The van der Waals surface area contributed by atoms with E-state index in [0.29, 0.717) is 29.1 Å². The Kier molecular flexibility index (Phi) is 6.17. The van der Waals surface area contributed by atoms with E-state index in [1.54, 1.807) is 19.2 Å². The lowest BCUT2D eigenvalue weighted by Gasteiger charge is -2.36. The molecule has 170 valence electrons. The highest BCUT2D eigenvalue weighted by Gasteiger charge is 2.16. The molecule has 0 bridgehead atoms. The predicted octanol–water partition coefficient (Wildman–Crippen LogP) is 4.55. The minimum absolute atomic E-state index is 0.372. The Bertz CT molecular complexity index is 1290. The number of nitrogens with zero attached hydrogens (tertiary/aromatic N) is 2. The monoisotopic (exact) mass is 444 g/mol. The fourth-order valence-corrected chi connectivity index (χ4v) is 4.45. The van der Waals surface area contributed by atoms with Crippen LogP contribution in [0.25, 0.3) is 21.7 Å². The molecule has 0 aliphatic carbocycles. The zero-order chi connectivity index (χ0) is 22.6. The third-order valence-corrected chi connectivity index (χ3v) is 6.27. The molecule has 1 saturated heterocycles. The molecular formula is C27H28N2O4. The van der Waals surface area contributed by atoms with Crippen LogP contribution in [0.5, 0.6) is 11.5 Å². The highest BCUT2D eigenvalue weighted by Crippen LogP contribution is 2.28. The molecule has 3 aromatic carbocycles. The number of para-hydroxylation sites is 1. The van der Waals surface area contributed by atoms with E-state index in [2.05, 4.69) is 40.1 Å². The van der Waals surface area contributed by atoms with Crippen molar-refractivity contribution in [2.24, 2.45) is 0 Å². The average Bonchev–Trinajstić information content (AvgIpc) is 2.87. The molecule has 0 saturated carbocycles. The lowest BCUT2D eigenvalue weighted by Crippen LogP contribution is -2.46. The quantitative estimate of drug-likeness (QED) is 0.237. The number of piperazine rings is 1. The van der Waals surface area contributed by atoms with Gasteiger partial charge < -0.3 is 18.8 Å². The van der Waals surface area contributed by atoms with E-state index in [4.69, 9.17) is 13.9 Å². The molecule has 0 unspecified atom stereocenters. The number of hydrogen-bond donors (Lipinski definition) is 0. The topological polar surface area (TPSA) is 55.2 Å². The van der Waals surface area contributed by atoms with Crippen LogP contribution in [0.4, 0.5) is 5.69 Å². The van der Waals surface area contributed by atoms with Crippen LogP contribution in [0.1, 0.15) is 6.42 Å². The summed E-state index contributed by atoms with van der Waals surface area (Å²) in [5.41, 5.74) is 1.46. The van der Waals surface area contributed by atoms with Crippen molar-refractivity contribution in [3.8, 4) is 11.5 Å². The van der Waals surface area contributed by atoms with Crippen LogP contribution in [0, 0.1) is 0 Å². The van der Waals surface area contributed by atoms with Gasteiger partial charge in [-0.3, -0.25) is 4.90 Å². The largest absolute Gasteiger partial charge is 0.497 e. The minimum atomic E-state index is -0.372. The number of hydrogen-bond acceptors (Lipinski definition) is 6. The van der Waals surface area contributed by atoms with E-state index in [-0.39, 0.29) is 5.63 Å². The van der Waals surface area contributed by atoms with Crippen LogP contribution in [0.15, 0.2) is 75.9 Å². The molecule has 1 fully saturated rings. The van der Waals surface area contributed by atoms with Crippen LogP contribution >= 0.6 is 0 Å². The van der Waals surface area contributed by atoms with Crippen molar-refractivity contribution in [1.82, 2.24) is 4.90 Å². The van der Waals surface area contributed by atoms with E-state index in [0.717, 1.165) is 49.9 Å². The van der Waals surface area contributed by atoms with Crippen LogP contribution in [0.3, 0.4) is 0 Å². The molecule has 0 N–H and O–H groups in total. The maximum absolute atomic E-state index is 12.4. The highest BCUT2D eigenvalue weighted by atomic mass is 16.5. The molecular weight excluding hydrogens is 416 g/mol. The Balaban J connectivity index is 1.16. The summed E-state index contributed by atoms with van der Waals surface area (Å²) in [7, 11) is 1.58.